The van der Waals surface area contributed by atoms with Crippen molar-refractivity contribution in [3.05, 3.63) is 389 Å². The average Bonchev–Trinajstić information content (AvgIpc) is 1.75. The van der Waals surface area contributed by atoms with E-state index in [1.54, 1.807) is 111 Å². The molecule has 0 saturated carbocycles. The molecular formula is C80H70FN19O11. The lowest BCUT2D eigenvalue weighted by Gasteiger charge is -2.13. The molecule has 111 heavy (non-hydrogen) atoms. The molecule has 1 atom stereocenters. The van der Waals surface area contributed by atoms with Crippen LogP contribution < -0.4 is 33.4 Å². The predicted molar refractivity (Wildman–Crippen MR) is 408 cm³/mol. The standard InChI is InChI=1S/2C14H13N3O2.C13H10FN3O2.C13H12N4O.2C13H11N3O2/c1-10(17-7-6-15-9-17)11-2-4-12(5-3-11)13-8-14(18)16-19-13;1-10-13(19-16-14(10)18)12-4-2-11(3-5-12)8-17-7-6-15-9-17;14-11-5-9(12-6-13(18)16-19-12)1-2-10(11)7-17-4-3-15-8-17;18-13-7-12(15-16-13)11-3-1-10(2-4-11)8-17-6-5-14-9-17;17-13-7-12(18-15-13)11-3-1-10(2-4-11)8-16-6-5-14-9-16;17-13-7-12(18-15-13)11-3-1-2-10(6-11)8-16-5-4-14-9-16/h2-10H,1H3,(H,16,18);2-7,9H,8H2,1H3,(H,16,18);1-6,8H,7H2,(H,16,18);1-7,9H,8H2,(H2,15,16,18);2*1-7,9H,8H2,(H,15,17). The maximum absolute atomic E-state index is 14.0. The zero-order valence-electron chi connectivity index (χ0n) is 59.4. The summed E-state index contributed by atoms with van der Waals surface area (Å²) in [4.78, 5) is 90.4. The van der Waals surface area contributed by atoms with Crippen LogP contribution >= 0.6 is 0 Å². The normalized spacial score (nSPS) is 11.0. The Hall–Kier alpha value is -15.4. The van der Waals surface area contributed by atoms with Crippen LogP contribution in [0.1, 0.15) is 51.9 Å². The van der Waals surface area contributed by atoms with Gasteiger partial charge in [-0.15, -0.1) is 0 Å². The molecule has 18 aromatic rings. The highest BCUT2D eigenvalue weighted by molar-refractivity contribution is 5.62. The quantitative estimate of drug-likeness (QED) is 0.0419. The minimum absolute atomic E-state index is 0.118. The van der Waals surface area contributed by atoms with E-state index in [1.165, 1.54) is 41.5 Å². The van der Waals surface area contributed by atoms with Gasteiger partial charge in [0.15, 0.2) is 28.8 Å². The van der Waals surface area contributed by atoms with Crippen molar-refractivity contribution in [2.45, 2.75) is 52.6 Å². The second-order valence-corrected chi connectivity index (χ2v) is 25.0. The fourth-order valence-electron chi connectivity index (χ4n) is 11.3. The van der Waals surface area contributed by atoms with Gasteiger partial charge in [-0.05, 0) is 59.4 Å². The Labute approximate surface area is 627 Å². The number of hydrogen-bond acceptors (Lipinski definition) is 17. The van der Waals surface area contributed by atoms with Crippen molar-refractivity contribution in [2.75, 3.05) is 0 Å². The van der Waals surface area contributed by atoms with Gasteiger partial charge in [0, 0.05) is 140 Å². The van der Waals surface area contributed by atoms with Crippen LogP contribution in [0.2, 0.25) is 0 Å². The maximum Gasteiger partial charge on any atom is 0.283 e. The predicted octanol–water partition coefficient (Wildman–Crippen LogP) is 12.0. The smallest absolute Gasteiger partial charge is 0.283 e. The molecule has 0 spiro atoms. The number of aromatic amines is 7. The Balaban J connectivity index is 0.000000117. The van der Waals surface area contributed by atoms with E-state index in [0.29, 0.717) is 52.0 Å². The summed E-state index contributed by atoms with van der Waals surface area (Å²) >= 11 is 0. The van der Waals surface area contributed by atoms with Crippen molar-refractivity contribution >= 4 is 0 Å². The summed E-state index contributed by atoms with van der Waals surface area (Å²) in [6.45, 7) is 7.34. The molecule has 0 fully saturated rings. The Morgan fingerprint density at radius 2 is 0.757 bits per heavy atom. The van der Waals surface area contributed by atoms with Crippen LogP contribution in [0.3, 0.4) is 0 Å². The zero-order chi connectivity index (χ0) is 76.8. The number of nitrogens with zero attached hydrogens (tertiary/aromatic N) is 12. The molecule has 12 aromatic heterocycles. The first-order valence-corrected chi connectivity index (χ1v) is 34.4. The van der Waals surface area contributed by atoms with Crippen molar-refractivity contribution < 1.29 is 27.0 Å². The number of halogens is 1. The third-order valence-corrected chi connectivity index (χ3v) is 17.1. The lowest BCUT2D eigenvalue weighted by molar-refractivity contribution is 0.425. The SMILES string of the molecule is CC(c1ccc(-c2cc(=O)[nH]o2)cc1)n1ccnc1.Cc1c(-c2ccc(Cn3ccnc3)cc2)o[nH]c1=O.O=c1cc(-c2ccc(Cn3ccnc3)c(F)c2)o[nH]1.O=c1cc(-c2ccc(Cn3ccnc3)cc2)[nH][nH]1.O=c1cc(-c2ccc(Cn3ccnc3)cc2)o[nH]1.O=c1cc(-c2cccc(Cn3ccnc3)c2)o[nH]1. The third-order valence-electron chi connectivity index (χ3n) is 17.1. The van der Waals surface area contributed by atoms with Gasteiger partial charge in [0.1, 0.15) is 5.82 Å². The number of imidazole rings is 6. The van der Waals surface area contributed by atoms with E-state index in [4.69, 9.17) is 22.6 Å². The molecule has 0 amide bonds. The van der Waals surface area contributed by atoms with E-state index in [0.717, 1.165) is 76.4 Å². The van der Waals surface area contributed by atoms with Crippen molar-refractivity contribution in [3.8, 4) is 67.9 Å². The summed E-state index contributed by atoms with van der Waals surface area (Å²) in [5.74, 6) is 2.21. The molecule has 0 aliphatic rings. The fraction of sp³-hybridized carbons (Fsp3) is 0.100. The molecule has 12 heterocycles. The minimum Gasteiger partial charge on any atom is -0.378 e. The number of benzene rings is 6. The van der Waals surface area contributed by atoms with E-state index < -0.39 is 0 Å². The molecule has 0 aliphatic heterocycles. The molecule has 7 N–H and O–H groups in total. The second kappa shape index (κ2) is 35.6. The lowest BCUT2D eigenvalue weighted by atomic mass is 10.0. The highest BCUT2D eigenvalue weighted by Gasteiger charge is 2.14. The Bertz CT molecular complexity index is 6060. The maximum atomic E-state index is 14.0. The zero-order valence-corrected chi connectivity index (χ0v) is 59.4. The van der Waals surface area contributed by atoms with Crippen LogP contribution in [0.15, 0.2) is 334 Å². The molecule has 0 saturated heterocycles. The Morgan fingerprint density at radius 3 is 1.14 bits per heavy atom. The van der Waals surface area contributed by atoms with E-state index in [2.05, 4.69) is 72.8 Å². The first-order chi connectivity index (χ1) is 54.1. The van der Waals surface area contributed by atoms with E-state index in [1.807, 2.05) is 175 Å². The molecule has 18 rings (SSSR count). The van der Waals surface area contributed by atoms with Crippen molar-refractivity contribution in [1.82, 2.24) is 93.3 Å². The van der Waals surface area contributed by atoms with Crippen molar-refractivity contribution in [1.29, 1.82) is 0 Å². The van der Waals surface area contributed by atoms with Crippen molar-refractivity contribution in [3.63, 3.8) is 0 Å². The number of hydrogen-bond donors (Lipinski definition) is 7. The molecule has 6 aromatic carbocycles. The Morgan fingerprint density at radius 1 is 0.360 bits per heavy atom. The van der Waals surface area contributed by atoms with Gasteiger partial charge in [-0.25, -0.2) is 34.3 Å². The molecule has 31 heteroatoms. The van der Waals surface area contributed by atoms with Gasteiger partial charge in [-0.3, -0.25) is 39.0 Å². The van der Waals surface area contributed by atoms with E-state index in [-0.39, 0.29) is 45.2 Å². The summed E-state index contributed by atoms with van der Waals surface area (Å²) in [5.41, 5.74) is 11.4. The molecule has 558 valence electrons. The van der Waals surface area contributed by atoms with E-state index in [9.17, 15) is 33.2 Å². The van der Waals surface area contributed by atoms with Gasteiger partial charge in [0.25, 0.3) is 33.4 Å². The third kappa shape index (κ3) is 20.3. The number of nitrogens with one attached hydrogen (secondary N) is 7. The van der Waals surface area contributed by atoms with Gasteiger partial charge >= 0.3 is 0 Å². The van der Waals surface area contributed by atoms with Gasteiger partial charge in [-0.1, -0.05) is 127 Å². The molecule has 30 nitrogen and oxygen atoms in total. The second-order valence-electron chi connectivity index (χ2n) is 25.0. The van der Waals surface area contributed by atoms with Crippen LogP contribution in [0, 0.1) is 12.7 Å². The summed E-state index contributed by atoms with van der Waals surface area (Å²) in [5, 5.41) is 16.7. The number of H-pyrrole nitrogens is 7. The van der Waals surface area contributed by atoms with Crippen LogP contribution in [0.4, 0.5) is 4.39 Å². The van der Waals surface area contributed by atoms with Crippen LogP contribution in [0.5, 0.6) is 0 Å². The summed E-state index contributed by atoms with van der Waals surface area (Å²) in [6, 6.07) is 51.7. The number of aromatic nitrogens is 19. The molecule has 0 bridgehead atoms. The molecule has 0 aliphatic carbocycles. The lowest BCUT2D eigenvalue weighted by Crippen LogP contribution is -2.03. The molecular weight excluding hydrogens is 1420 g/mol. The van der Waals surface area contributed by atoms with Gasteiger partial charge in [0.2, 0.25) is 0 Å². The van der Waals surface area contributed by atoms with Gasteiger partial charge in [0.05, 0.1) is 86.1 Å². The summed E-state index contributed by atoms with van der Waals surface area (Å²) in [7, 11) is 0. The average molecular weight is 1490 g/mol. The van der Waals surface area contributed by atoms with Gasteiger partial charge in [-0.2, -0.15) is 25.8 Å². The summed E-state index contributed by atoms with van der Waals surface area (Å²) < 4.78 is 51.1. The Kier molecular flexibility index (Phi) is 23.7. The van der Waals surface area contributed by atoms with E-state index >= 15 is 0 Å². The van der Waals surface area contributed by atoms with Crippen molar-refractivity contribution in [2.24, 2.45) is 0 Å². The monoisotopic (exact) mass is 1490 g/mol. The largest absolute Gasteiger partial charge is 0.378 e. The van der Waals surface area contributed by atoms with Crippen LogP contribution in [-0.4, -0.2) is 93.3 Å². The first-order valence-electron chi connectivity index (χ1n) is 34.4. The fourth-order valence-corrected chi connectivity index (χ4v) is 11.3. The van der Waals surface area contributed by atoms with Crippen LogP contribution in [-0.2, 0) is 32.7 Å². The highest BCUT2D eigenvalue weighted by Crippen LogP contribution is 2.26. The number of rotatable bonds is 18. The van der Waals surface area contributed by atoms with Crippen LogP contribution in [0.25, 0.3) is 67.9 Å². The van der Waals surface area contributed by atoms with Gasteiger partial charge < -0.3 is 50.0 Å². The first kappa shape index (κ1) is 73.9. The highest BCUT2D eigenvalue weighted by atomic mass is 19.1. The molecule has 0 radical (unpaired) electrons. The topological polar surface area (TPSA) is 386 Å². The molecule has 1 unspecified atom stereocenters. The minimum atomic E-state index is -0.352. The summed E-state index contributed by atoms with van der Waals surface area (Å²) in [6.07, 6.45) is 32.3.